The number of esters is 1. The Morgan fingerprint density at radius 2 is 1.72 bits per heavy atom. The molecule has 7 heteroatoms. The van der Waals surface area contributed by atoms with Gasteiger partial charge in [0.1, 0.15) is 11.3 Å². The maximum absolute atomic E-state index is 13.7. The van der Waals surface area contributed by atoms with Gasteiger partial charge in [-0.05, 0) is 66.9 Å². The van der Waals surface area contributed by atoms with Crippen LogP contribution in [-0.2, 0) is 9.59 Å². The lowest BCUT2D eigenvalue weighted by molar-refractivity contribution is -0.131. The van der Waals surface area contributed by atoms with E-state index in [-0.39, 0.29) is 17.1 Å². The molecule has 0 fully saturated rings. The van der Waals surface area contributed by atoms with E-state index in [1.165, 1.54) is 11.8 Å². The molecule has 7 nitrogen and oxygen atoms in total. The summed E-state index contributed by atoms with van der Waals surface area (Å²) in [4.78, 5) is 40.1. The van der Waals surface area contributed by atoms with Crippen molar-refractivity contribution in [3.05, 3.63) is 107 Å². The molecule has 3 aromatic carbocycles. The van der Waals surface area contributed by atoms with Crippen molar-refractivity contribution in [1.82, 2.24) is 0 Å². The summed E-state index contributed by atoms with van der Waals surface area (Å²) >= 11 is 0. The van der Waals surface area contributed by atoms with Crippen LogP contribution in [0.4, 0.5) is 5.69 Å². The molecule has 0 saturated carbocycles. The van der Waals surface area contributed by atoms with E-state index < -0.39 is 29.5 Å². The number of furan rings is 1. The van der Waals surface area contributed by atoms with E-state index >= 15 is 0 Å². The minimum absolute atomic E-state index is 0.00799. The van der Waals surface area contributed by atoms with Crippen molar-refractivity contribution in [1.29, 1.82) is 0 Å². The van der Waals surface area contributed by atoms with Crippen LogP contribution in [0.5, 0.6) is 5.75 Å². The second-order valence-corrected chi connectivity index (χ2v) is 8.75. The molecular weight excluding hydrogens is 458 g/mol. The Bertz CT molecular complexity index is 1540. The van der Waals surface area contributed by atoms with Gasteiger partial charge in [-0.1, -0.05) is 36.4 Å². The highest BCUT2D eigenvalue weighted by atomic mass is 16.5. The van der Waals surface area contributed by atoms with Crippen LogP contribution in [-0.4, -0.2) is 22.8 Å². The number of carbonyl (C=O) groups is 3. The quantitative estimate of drug-likeness (QED) is 0.221. The number of aryl methyl sites for hydroxylation is 2. The molecule has 1 atom stereocenters. The van der Waals surface area contributed by atoms with E-state index in [0.29, 0.717) is 16.8 Å². The number of carbonyl (C=O) groups excluding carboxylic acids is 3. The first-order valence-corrected chi connectivity index (χ1v) is 11.4. The average molecular weight is 482 g/mol. The van der Waals surface area contributed by atoms with Crippen LogP contribution in [0.15, 0.2) is 88.5 Å². The smallest absolute Gasteiger partial charge is 0.308 e. The van der Waals surface area contributed by atoms with Crippen molar-refractivity contribution in [2.75, 3.05) is 4.90 Å². The SMILES string of the molecule is CC(=O)Oc1cccc(C2C(C(=O)c3cc4ccccc4o3)=C(O)C(=O)N2c2ccc(C)c(C)c2)c1. The zero-order valence-corrected chi connectivity index (χ0v) is 19.9. The number of aliphatic hydroxyl groups excluding tert-OH is 1. The van der Waals surface area contributed by atoms with Gasteiger partial charge >= 0.3 is 5.97 Å². The first-order chi connectivity index (χ1) is 17.2. The molecule has 0 saturated heterocycles. The van der Waals surface area contributed by atoms with Gasteiger partial charge in [-0.2, -0.15) is 0 Å². The number of aliphatic hydroxyl groups is 1. The van der Waals surface area contributed by atoms with E-state index in [9.17, 15) is 19.5 Å². The van der Waals surface area contributed by atoms with Gasteiger partial charge in [-0.3, -0.25) is 19.3 Å². The predicted molar refractivity (Wildman–Crippen MR) is 134 cm³/mol. The first-order valence-electron chi connectivity index (χ1n) is 11.4. The van der Waals surface area contributed by atoms with Crippen molar-refractivity contribution < 1.29 is 28.6 Å². The number of ether oxygens (including phenoxy) is 1. The molecule has 5 rings (SSSR count). The van der Waals surface area contributed by atoms with Gasteiger partial charge in [0.25, 0.3) is 5.91 Å². The Morgan fingerprint density at radius 3 is 2.44 bits per heavy atom. The van der Waals surface area contributed by atoms with Crippen LogP contribution in [0.1, 0.15) is 40.2 Å². The number of anilines is 1. The molecule has 1 aromatic heterocycles. The molecule has 1 unspecified atom stereocenters. The molecule has 1 aliphatic heterocycles. The van der Waals surface area contributed by atoms with E-state index in [2.05, 4.69) is 0 Å². The molecule has 0 bridgehead atoms. The van der Waals surface area contributed by atoms with Gasteiger partial charge in [0, 0.05) is 18.0 Å². The second kappa shape index (κ2) is 8.85. The molecule has 0 spiro atoms. The number of nitrogens with zero attached hydrogens (tertiary/aromatic N) is 1. The van der Waals surface area contributed by atoms with Crippen molar-refractivity contribution in [2.24, 2.45) is 0 Å². The highest BCUT2D eigenvalue weighted by Gasteiger charge is 2.45. The monoisotopic (exact) mass is 481 g/mol. The number of hydrogen-bond donors (Lipinski definition) is 1. The fraction of sp³-hybridized carbons (Fsp3) is 0.138. The molecule has 1 aliphatic rings. The molecule has 180 valence electrons. The molecule has 2 heterocycles. The van der Waals surface area contributed by atoms with Gasteiger partial charge in [0.15, 0.2) is 11.5 Å². The fourth-order valence-electron chi connectivity index (χ4n) is 4.43. The van der Waals surface area contributed by atoms with Crippen molar-refractivity contribution in [2.45, 2.75) is 26.8 Å². The highest BCUT2D eigenvalue weighted by Crippen LogP contribution is 2.43. The maximum Gasteiger partial charge on any atom is 0.308 e. The van der Waals surface area contributed by atoms with Gasteiger partial charge in [-0.15, -0.1) is 0 Å². The Kier molecular flexibility index (Phi) is 5.68. The molecule has 1 N–H and O–H groups in total. The Morgan fingerprint density at radius 1 is 0.944 bits per heavy atom. The third-order valence-corrected chi connectivity index (χ3v) is 6.31. The zero-order valence-electron chi connectivity index (χ0n) is 19.9. The summed E-state index contributed by atoms with van der Waals surface area (Å²) in [6.07, 6.45) is 0. The van der Waals surface area contributed by atoms with E-state index in [4.69, 9.17) is 9.15 Å². The van der Waals surface area contributed by atoms with E-state index in [1.54, 1.807) is 48.5 Å². The predicted octanol–water partition coefficient (Wildman–Crippen LogP) is 5.76. The Hall–Kier alpha value is -4.65. The minimum Gasteiger partial charge on any atom is -0.503 e. The van der Waals surface area contributed by atoms with Crippen molar-refractivity contribution >= 4 is 34.3 Å². The standard InChI is InChI=1S/C29H23NO6/c1-16-11-12-21(13-17(16)2)30-26(20-8-6-9-22(14-20)35-18(3)31)25(28(33)29(30)34)27(32)24-15-19-7-4-5-10-23(19)36-24/h4-15,26,33H,1-3H3. The minimum atomic E-state index is -0.976. The van der Waals surface area contributed by atoms with Crippen LogP contribution in [0, 0.1) is 13.8 Å². The lowest BCUT2D eigenvalue weighted by Crippen LogP contribution is -2.31. The van der Waals surface area contributed by atoms with Crippen LogP contribution in [0.25, 0.3) is 11.0 Å². The summed E-state index contributed by atoms with van der Waals surface area (Å²) in [5.74, 6) is -2.20. The van der Waals surface area contributed by atoms with Gasteiger partial charge in [-0.25, -0.2) is 0 Å². The molecule has 4 aromatic rings. The number of rotatable bonds is 5. The average Bonchev–Trinajstić information content (AvgIpc) is 3.39. The normalized spacial score (nSPS) is 15.6. The van der Waals surface area contributed by atoms with Gasteiger partial charge in [0.05, 0.1) is 11.6 Å². The Labute approximate surface area is 207 Å². The van der Waals surface area contributed by atoms with Crippen LogP contribution < -0.4 is 9.64 Å². The molecule has 1 amide bonds. The maximum atomic E-state index is 13.7. The van der Waals surface area contributed by atoms with Gasteiger partial charge < -0.3 is 14.3 Å². The van der Waals surface area contributed by atoms with Crippen LogP contribution in [0.2, 0.25) is 0 Å². The summed E-state index contributed by atoms with van der Waals surface area (Å²) in [6, 6.07) is 19.8. The summed E-state index contributed by atoms with van der Waals surface area (Å²) in [7, 11) is 0. The topological polar surface area (TPSA) is 97.0 Å². The van der Waals surface area contributed by atoms with Crippen molar-refractivity contribution in [3.8, 4) is 5.75 Å². The van der Waals surface area contributed by atoms with Crippen molar-refractivity contribution in [3.63, 3.8) is 0 Å². The Balaban J connectivity index is 1.67. The highest BCUT2D eigenvalue weighted by molar-refractivity contribution is 6.20. The molecule has 0 radical (unpaired) electrons. The van der Waals surface area contributed by atoms with E-state index in [1.807, 2.05) is 38.1 Å². The number of amides is 1. The fourth-order valence-corrected chi connectivity index (χ4v) is 4.43. The summed E-state index contributed by atoms with van der Waals surface area (Å²) in [5, 5.41) is 11.7. The number of benzene rings is 3. The van der Waals surface area contributed by atoms with E-state index in [0.717, 1.165) is 16.5 Å². The molecule has 36 heavy (non-hydrogen) atoms. The zero-order chi connectivity index (χ0) is 25.6. The lowest BCUT2D eigenvalue weighted by Gasteiger charge is -2.27. The number of para-hydroxylation sites is 1. The summed E-state index contributed by atoms with van der Waals surface area (Å²) < 4.78 is 11.0. The summed E-state index contributed by atoms with van der Waals surface area (Å²) in [6.45, 7) is 5.16. The van der Waals surface area contributed by atoms with Crippen LogP contribution in [0.3, 0.4) is 0 Å². The lowest BCUT2D eigenvalue weighted by atomic mass is 9.94. The molecule has 0 aliphatic carbocycles. The number of ketones is 1. The third-order valence-electron chi connectivity index (χ3n) is 6.31. The second-order valence-electron chi connectivity index (χ2n) is 8.75. The molecular formula is C29H23NO6. The summed E-state index contributed by atoms with van der Waals surface area (Å²) in [5.41, 5.74) is 3.40. The first kappa shape index (κ1) is 23.1. The third kappa shape index (κ3) is 3.94. The largest absolute Gasteiger partial charge is 0.503 e. The van der Waals surface area contributed by atoms with Crippen LogP contribution >= 0.6 is 0 Å². The number of hydrogen-bond acceptors (Lipinski definition) is 6. The van der Waals surface area contributed by atoms with Gasteiger partial charge in [0.2, 0.25) is 5.78 Å². The number of Topliss-reactive ketones (excluding diaryl/α,β-unsaturated/α-hetero) is 1. The number of fused-ring (bicyclic) bond motifs is 1.